The molecular weight excluding hydrogens is 152 g/mol. The van der Waals surface area contributed by atoms with Gasteiger partial charge in [0.25, 0.3) is 0 Å². The van der Waals surface area contributed by atoms with Crippen molar-refractivity contribution >= 4 is 5.94 Å². The number of hydrogen-bond donors (Lipinski definition) is 1. The van der Waals surface area contributed by atoms with E-state index in [0.717, 1.165) is 5.56 Å². The minimum Gasteiger partial charge on any atom is -0.508 e. The molecule has 0 aromatic heterocycles. The first-order valence-electron chi connectivity index (χ1n) is 3.71. The Balaban J connectivity index is 2.78. The smallest absolute Gasteiger partial charge is 0.123 e. The minimum atomic E-state index is 0.242. The van der Waals surface area contributed by atoms with Gasteiger partial charge in [-0.15, -0.1) is 0 Å². The van der Waals surface area contributed by atoms with Gasteiger partial charge in [-0.3, -0.25) is 0 Å². The van der Waals surface area contributed by atoms with E-state index in [1.165, 1.54) is 0 Å². The average Bonchev–Trinajstić information content (AvgIpc) is 2.09. The lowest BCUT2D eigenvalue weighted by atomic mass is 10.1. The molecule has 0 aliphatic rings. The highest BCUT2D eigenvalue weighted by Gasteiger charge is 1.94. The first-order valence-corrected chi connectivity index (χ1v) is 3.71. The molecule has 0 bridgehead atoms. The monoisotopic (exact) mass is 162 g/mol. The highest BCUT2D eigenvalue weighted by atomic mass is 16.3. The summed E-state index contributed by atoms with van der Waals surface area (Å²) >= 11 is 0. The normalized spacial score (nSPS) is 9.08. The Morgan fingerprint density at radius 2 is 2.00 bits per heavy atom. The molecule has 0 fully saturated rings. The van der Waals surface area contributed by atoms with Gasteiger partial charge in [-0.05, 0) is 24.6 Å². The number of phenolic OH excluding ortho intramolecular Hbond substituents is 1. The van der Waals surface area contributed by atoms with Crippen LogP contribution in [0, 0.1) is 0 Å². The van der Waals surface area contributed by atoms with Crippen molar-refractivity contribution in [3.63, 3.8) is 0 Å². The molecule has 0 spiro atoms. The van der Waals surface area contributed by atoms with Crippen molar-refractivity contribution in [3.05, 3.63) is 35.4 Å². The number of phenols is 1. The molecule has 0 aliphatic heterocycles. The maximum Gasteiger partial charge on any atom is 0.123 e. The first-order chi connectivity index (χ1) is 5.72. The van der Waals surface area contributed by atoms with Gasteiger partial charge in [-0.1, -0.05) is 12.1 Å². The quantitative estimate of drug-likeness (QED) is 0.672. The van der Waals surface area contributed by atoms with Gasteiger partial charge >= 0.3 is 0 Å². The predicted octanol–water partition coefficient (Wildman–Crippen LogP) is 1.71. The summed E-state index contributed by atoms with van der Waals surface area (Å²) in [5, 5.41) is 8.96. The fourth-order valence-electron chi connectivity index (χ4n) is 0.956. The van der Waals surface area contributed by atoms with Gasteiger partial charge in [-0.2, -0.15) is 0 Å². The van der Waals surface area contributed by atoms with E-state index < -0.39 is 0 Å². The third kappa shape index (κ3) is 2.26. The summed E-state index contributed by atoms with van der Waals surface area (Å²) in [7, 11) is 0. The van der Waals surface area contributed by atoms with Gasteiger partial charge in [0, 0.05) is 12.0 Å². The van der Waals surface area contributed by atoms with Gasteiger partial charge in [0.1, 0.15) is 11.7 Å². The van der Waals surface area contributed by atoms with Crippen LogP contribution in [0.4, 0.5) is 0 Å². The topological polar surface area (TPSA) is 37.3 Å². The zero-order valence-electron chi connectivity index (χ0n) is 6.87. The predicted molar refractivity (Wildman–Crippen MR) is 46.7 cm³/mol. The van der Waals surface area contributed by atoms with Crippen LogP contribution < -0.4 is 0 Å². The number of allylic oxidation sites excluding steroid dienone is 1. The summed E-state index contributed by atoms with van der Waals surface area (Å²) < 4.78 is 0. The Labute approximate surface area is 71.2 Å². The van der Waals surface area contributed by atoms with Crippen LogP contribution in [0.1, 0.15) is 12.5 Å². The molecule has 0 saturated carbocycles. The molecule has 2 nitrogen and oxygen atoms in total. The summed E-state index contributed by atoms with van der Waals surface area (Å²) in [6.45, 7) is 1.74. The van der Waals surface area contributed by atoms with Crippen LogP contribution >= 0.6 is 0 Å². The van der Waals surface area contributed by atoms with Crippen molar-refractivity contribution in [2.45, 2.75) is 13.3 Å². The maximum absolute atomic E-state index is 10.2. The number of carbonyl (C=O) groups excluding carboxylic acids is 1. The Morgan fingerprint density at radius 3 is 2.50 bits per heavy atom. The van der Waals surface area contributed by atoms with Gasteiger partial charge in [0.2, 0.25) is 0 Å². The van der Waals surface area contributed by atoms with Crippen LogP contribution in [-0.2, 0) is 11.2 Å². The molecule has 1 rings (SSSR count). The van der Waals surface area contributed by atoms with Crippen LogP contribution in [-0.4, -0.2) is 11.0 Å². The SMILES string of the molecule is CC(=C=O)Cc1ccc(O)cc1. The molecule has 0 aliphatic carbocycles. The summed E-state index contributed by atoms with van der Waals surface area (Å²) in [6, 6.07) is 6.78. The second kappa shape index (κ2) is 3.74. The van der Waals surface area contributed by atoms with Crippen LogP contribution in [0.2, 0.25) is 0 Å². The van der Waals surface area contributed by atoms with Crippen LogP contribution in [0.3, 0.4) is 0 Å². The van der Waals surface area contributed by atoms with E-state index in [1.54, 1.807) is 31.2 Å². The molecule has 0 unspecified atom stereocenters. The molecule has 0 heterocycles. The molecule has 0 radical (unpaired) electrons. The van der Waals surface area contributed by atoms with E-state index in [-0.39, 0.29) is 5.75 Å². The molecule has 62 valence electrons. The third-order valence-corrected chi connectivity index (χ3v) is 1.58. The zero-order valence-corrected chi connectivity index (χ0v) is 6.87. The van der Waals surface area contributed by atoms with Crippen molar-refractivity contribution in [1.29, 1.82) is 0 Å². The van der Waals surface area contributed by atoms with E-state index in [0.29, 0.717) is 12.0 Å². The lowest BCUT2D eigenvalue weighted by Gasteiger charge is -1.97. The Hall–Kier alpha value is -1.53. The van der Waals surface area contributed by atoms with E-state index in [1.807, 2.05) is 5.94 Å². The van der Waals surface area contributed by atoms with Crippen molar-refractivity contribution in [3.8, 4) is 5.75 Å². The highest BCUT2D eigenvalue weighted by molar-refractivity contribution is 5.52. The fraction of sp³-hybridized carbons (Fsp3) is 0.200. The summed E-state index contributed by atoms with van der Waals surface area (Å²) in [4.78, 5) is 10.2. The summed E-state index contributed by atoms with van der Waals surface area (Å²) in [5.41, 5.74) is 1.68. The summed E-state index contributed by atoms with van der Waals surface area (Å²) in [5.74, 6) is 2.07. The highest BCUT2D eigenvalue weighted by Crippen LogP contribution is 2.11. The molecule has 0 saturated heterocycles. The lowest BCUT2D eigenvalue weighted by molar-refractivity contribution is 0.475. The maximum atomic E-state index is 10.2. The van der Waals surface area contributed by atoms with Crippen molar-refractivity contribution < 1.29 is 9.90 Å². The van der Waals surface area contributed by atoms with Crippen molar-refractivity contribution in [1.82, 2.24) is 0 Å². The standard InChI is InChI=1S/C10H10O2/c1-8(7-11)6-9-2-4-10(12)5-3-9/h2-5,12H,6H2,1H3. The zero-order chi connectivity index (χ0) is 8.97. The van der Waals surface area contributed by atoms with Crippen LogP contribution in [0.15, 0.2) is 29.8 Å². The number of aromatic hydroxyl groups is 1. The van der Waals surface area contributed by atoms with E-state index >= 15 is 0 Å². The van der Waals surface area contributed by atoms with Gasteiger partial charge in [-0.25, -0.2) is 4.79 Å². The van der Waals surface area contributed by atoms with Crippen LogP contribution in [0.25, 0.3) is 0 Å². The van der Waals surface area contributed by atoms with Gasteiger partial charge < -0.3 is 5.11 Å². The molecule has 1 aromatic rings. The fourth-order valence-corrected chi connectivity index (χ4v) is 0.956. The number of hydrogen-bond acceptors (Lipinski definition) is 2. The van der Waals surface area contributed by atoms with Crippen LogP contribution in [0.5, 0.6) is 5.75 Å². The first kappa shape index (κ1) is 8.57. The largest absolute Gasteiger partial charge is 0.508 e. The third-order valence-electron chi connectivity index (χ3n) is 1.58. The molecule has 0 amide bonds. The number of rotatable bonds is 2. The molecule has 12 heavy (non-hydrogen) atoms. The average molecular weight is 162 g/mol. The Bertz CT molecular complexity index is 305. The molecule has 2 heteroatoms. The second-order valence-electron chi connectivity index (χ2n) is 2.73. The second-order valence-corrected chi connectivity index (χ2v) is 2.73. The Morgan fingerprint density at radius 1 is 1.42 bits per heavy atom. The van der Waals surface area contributed by atoms with Crippen molar-refractivity contribution in [2.24, 2.45) is 0 Å². The lowest BCUT2D eigenvalue weighted by Crippen LogP contribution is -1.85. The van der Waals surface area contributed by atoms with E-state index in [4.69, 9.17) is 5.11 Å². The van der Waals surface area contributed by atoms with E-state index in [9.17, 15) is 4.79 Å². The van der Waals surface area contributed by atoms with Gasteiger partial charge in [0.15, 0.2) is 0 Å². The van der Waals surface area contributed by atoms with Crippen molar-refractivity contribution in [2.75, 3.05) is 0 Å². The summed E-state index contributed by atoms with van der Waals surface area (Å²) in [6.07, 6.45) is 0.601. The number of benzene rings is 1. The van der Waals surface area contributed by atoms with E-state index in [2.05, 4.69) is 0 Å². The Kier molecular flexibility index (Phi) is 2.67. The van der Waals surface area contributed by atoms with Gasteiger partial charge in [0.05, 0.1) is 0 Å². The molecule has 1 N–H and O–H groups in total. The molecular formula is C10H10O2. The molecule has 0 atom stereocenters. The molecule has 1 aromatic carbocycles. The minimum absolute atomic E-state index is 0.242.